The summed E-state index contributed by atoms with van der Waals surface area (Å²) in [7, 11) is 1.60. The van der Waals surface area contributed by atoms with Gasteiger partial charge >= 0.3 is 0 Å². The van der Waals surface area contributed by atoms with Crippen LogP contribution in [0.4, 0.5) is 11.5 Å². The van der Waals surface area contributed by atoms with E-state index in [1.165, 1.54) is 28.9 Å². The number of hydrogen-bond acceptors (Lipinski definition) is 6. The van der Waals surface area contributed by atoms with Crippen molar-refractivity contribution in [1.82, 2.24) is 15.1 Å². The number of rotatable bonds is 8. The fourth-order valence-electron chi connectivity index (χ4n) is 3.52. The Bertz CT molecular complexity index is 1410. The largest absolute Gasteiger partial charge is 0.497 e. The molecule has 3 aromatic carbocycles. The average molecular weight is 486 g/mol. The fourth-order valence-corrected chi connectivity index (χ4v) is 3.52. The van der Waals surface area contributed by atoms with Crippen LogP contribution in [0.1, 0.15) is 32.0 Å². The van der Waals surface area contributed by atoms with Crippen LogP contribution in [0.5, 0.6) is 5.75 Å². The smallest absolute Gasteiger partial charge is 0.270 e. The molecule has 2 amide bonds. The molecule has 0 aliphatic rings. The summed E-state index contributed by atoms with van der Waals surface area (Å²) >= 11 is 0. The van der Waals surface area contributed by atoms with Crippen molar-refractivity contribution in [2.75, 3.05) is 12.4 Å². The van der Waals surface area contributed by atoms with Crippen LogP contribution in [0.3, 0.4) is 0 Å². The Morgan fingerprint density at radius 1 is 0.972 bits per heavy atom. The highest BCUT2D eigenvalue weighted by molar-refractivity contribution is 6.04. The number of nitro groups is 1. The number of non-ortho nitro benzene ring substituents is 1. The van der Waals surface area contributed by atoms with Crippen LogP contribution in [0.15, 0.2) is 78.9 Å². The molecule has 10 heteroatoms. The van der Waals surface area contributed by atoms with Gasteiger partial charge in [-0.15, -0.1) is 0 Å². The molecule has 0 unspecified atom stereocenters. The lowest BCUT2D eigenvalue weighted by atomic mass is 10.1. The van der Waals surface area contributed by atoms with Gasteiger partial charge < -0.3 is 15.4 Å². The Balaban J connectivity index is 1.46. The molecule has 0 spiro atoms. The maximum absolute atomic E-state index is 12.7. The highest BCUT2D eigenvalue weighted by atomic mass is 16.6. The highest BCUT2D eigenvalue weighted by Gasteiger charge is 2.16. The number of benzene rings is 3. The molecule has 4 rings (SSSR count). The van der Waals surface area contributed by atoms with E-state index in [0.29, 0.717) is 29.3 Å². The Morgan fingerprint density at radius 2 is 1.69 bits per heavy atom. The summed E-state index contributed by atoms with van der Waals surface area (Å²) in [5.41, 5.74) is 2.68. The van der Waals surface area contributed by atoms with Gasteiger partial charge in [-0.25, -0.2) is 4.68 Å². The van der Waals surface area contributed by atoms with Crippen LogP contribution in [-0.4, -0.2) is 33.6 Å². The predicted octanol–water partition coefficient (Wildman–Crippen LogP) is 4.28. The van der Waals surface area contributed by atoms with E-state index in [1.807, 2.05) is 24.3 Å². The number of nitrogens with zero attached hydrogens (tertiary/aromatic N) is 3. The van der Waals surface area contributed by atoms with Crippen LogP contribution < -0.4 is 15.4 Å². The number of nitro benzene ring substituents is 1. The van der Waals surface area contributed by atoms with Gasteiger partial charge in [-0.05, 0) is 55.0 Å². The van der Waals surface area contributed by atoms with E-state index in [9.17, 15) is 19.7 Å². The third-order valence-corrected chi connectivity index (χ3v) is 5.38. The molecule has 1 heterocycles. The zero-order valence-corrected chi connectivity index (χ0v) is 19.6. The normalized spacial score (nSPS) is 10.5. The summed E-state index contributed by atoms with van der Waals surface area (Å²) in [5.74, 6) is 0.401. The first-order valence-corrected chi connectivity index (χ1v) is 11.0. The summed E-state index contributed by atoms with van der Waals surface area (Å²) in [6, 6.07) is 21.4. The molecule has 2 N–H and O–H groups in total. The SMILES string of the molecule is COc1ccc(CNC(=O)c2ccc(-n3nc(C)cc3NC(=O)c3cccc([N+](=O)[O-])c3)cc2)cc1. The maximum atomic E-state index is 12.7. The van der Waals surface area contributed by atoms with Crippen molar-refractivity contribution in [2.45, 2.75) is 13.5 Å². The van der Waals surface area contributed by atoms with E-state index >= 15 is 0 Å². The number of amides is 2. The number of ether oxygens (including phenoxy) is 1. The van der Waals surface area contributed by atoms with E-state index in [1.54, 1.807) is 44.4 Å². The van der Waals surface area contributed by atoms with E-state index in [0.717, 1.165) is 11.3 Å². The number of aryl methyl sites for hydroxylation is 1. The second-order valence-corrected chi connectivity index (χ2v) is 7.92. The molecular weight excluding hydrogens is 462 g/mol. The Hall–Kier alpha value is -4.99. The van der Waals surface area contributed by atoms with Crippen molar-refractivity contribution in [1.29, 1.82) is 0 Å². The molecule has 0 saturated carbocycles. The van der Waals surface area contributed by atoms with E-state index < -0.39 is 10.8 Å². The zero-order valence-electron chi connectivity index (χ0n) is 19.6. The predicted molar refractivity (Wildman–Crippen MR) is 134 cm³/mol. The summed E-state index contributed by atoms with van der Waals surface area (Å²) in [6.07, 6.45) is 0. The van der Waals surface area contributed by atoms with Crippen molar-refractivity contribution in [3.8, 4) is 11.4 Å². The number of aromatic nitrogens is 2. The topological polar surface area (TPSA) is 128 Å². The van der Waals surface area contributed by atoms with Crippen molar-refractivity contribution < 1.29 is 19.2 Å². The third kappa shape index (κ3) is 5.55. The molecule has 4 aromatic rings. The van der Waals surface area contributed by atoms with Crippen molar-refractivity contribution in [2.24, 2.45) is 0 Å². The van der Waals surface area contributed by atoms with E-state index in [-0.39, 0.29) is 17.2 Å². The Morgan fingerprint density at radius 3 is 2.36 bits per heavy atom. The van der Waals surface area contributed by atoms with Gasteiger partial charge in [0.25, 0.3) is 17.5 Å². The Kier molecular flexibility index (Phi) is 7.05. The summed E-state index contributed by atoms with van der Waals surface area (Å²) in [5, 5.41) is 21.1. The standard InChI is InChI=1S/C26H23N5O5/c1-17-14-24(28-26(33)20-4-3-5-22(15-20)31(34)35)30(29-17)21-10-8-19(9-11-21)25(32)27-16-18-6-12-23(36-2)13-7-18/h3-15H,16H2,1-2H3,(H,27,32)(H,28,33). The Labute approximate surface area is 206 Å². The van der Waals surface area contributed by atoms with Crippen LogP contribution >= 0.6 is 0 Å². The molecule has 0 radical (unpaired) electrons. The first-order valence-electron chi connectivity index (χ1n) is 11.0. The van der Waals surface area contributed by atoms with Gasteiger partial charge in [0.05, 0.1) is 23.4 Å². The molecule has 10 nitrogen and oxygen atoms in total. The van der Waals surface area contributed by atoms with Gasteiger partial charge in [0.1, 0.15) is 11.6 Å². The monoisotopic (exact) mass is 485 g/mol. The third-order valence-electron chi connectivity index (χ3n) is 5.38. The molecule has 0 fully saturated rings. The second kappa shape index (κ2) is 10.5. The van der Waals surface area contributed by atoms with Crippen LogP contribution in [-0.2, 0) is 6.54 Å². The molecule has 0 atom stereocenters. The molecule has 1 aromatic heterocycles. The number of carbonyl (C=O) groups excluding carboxylic acids is 2. The molecular formula is C26H23N5O5. The van der Waals surface area contributed by atoms with Gasteiger partial charge in [-0.3, -0.25) is 19.7 Å². The number of carbonyl (C=O) groups is 2. The van der Waals surface area contributed by atoms with Gasteiger partial charge in [0.15, 0.2) is 0 Å². The molecule has 0 aliphatic heterocycles. The van der Waals surface area contributed by atoms with Crippen LogP contribution in [0.2, 0.25) is 0 Å². The molecule has 182 valence electrons. The number of nitrogens with one attached hydrogen (secondary N) is 2. The molecule has 0 saturated heterocycles. The second-order valence-electron chi connectivity index (χ2n) is 7.92. The highest BCUT2D eigenvalue weighted by Crippen LogP contribution is 2.20. The first-order chi connectivity index (χ1) is 17.3. The number of hydrogen-bond donors (Lipinski definition) is 2. The minimum absolute atomic E-state index is 0.151. The number of anilines is 1. The van der Waals surface area contributed by atoms with Gasteiger partial charge in [0, 0.05) is 35.9 Å². The first kappa shape index (κ1) is 24.1. The zero-order chi connectivity index (χ0) is 25.7. The maximum Gasteiger partial charge on any atom is 0.270 e. The van der Waals surface area contributed by atoms with Crippen molar-refractivity contribution in [3.63, 3.8) is 0 Å². The quantitative estimate of drug-likeness (QED) is 0.283. The lowest BCUT2D eigenvalue weighted by Crippen LogP contribution is -2.22. The van der Waals surface area contributed by atoms with Crippen molar-refractivity contribution >= 4 is 23.3 Å². The van der Waals surface area contributed by atoms with Gasteiger partial charge in [0.2, 0.25) is 0 Å². The fraction of sp³-hybridized carbons (Fsp3) is 0.115. The van der Waals surface area contributed by atoms with E-state index in [4.69, 9.17) is 4.74 Å². The minimum Gasteiger partial charge on any atom is -0.497 e. The van der Waals surface area contributed by atoms with Crippen LogP contribution in [0, 0.1) is 17.0 Å². The summed E-state index contributed by atoms with van der Waals surface area (Å²) < 4.78 is 6.67. The lowest BCUT2D eigenvalue weighted by molar-refractivity contribution is -0.384. The molecule has 0 bridgehead atoms. The summed E-state index contributed by atoms with van der Waals surface area (Å²) in [4.78, 5) is 35.7. The lowest BCUT2D eigenvalue weighted by Gasteiger charge is -2.10. The average Bonchev–Trinajstić information content (AvgIpc) is 3.27. The van der Waals surface area contributed by atoms with Gasteiger partial charge in [-0.1, -0.05) is 18.2 Å². The van der Waals surface area contributed by atoms with Crippen LogP contribution in [0.25, 0.3) is 5.69 Å². The summed E-state index contributed by atoms with van der Waals surface area (Å²) in [6.45, 7) is 2.15. The molecule has 0 aliphatic carbocycles. The number of methoxy groups -OCH3 is 1. The van der Waals surface area contributed by atoms with Gasteiger partial charge in [-0.2, -0.15) is 5.10 Å². The minimum atomic E-state index is -0.556. The molecule has 36 heavy (non-hydrogen) atoms. The van der Waals surface area contributed by atoms with E-state index in [2.05, 4.69) is 15.7 Å². The van der Waals surface area contributed by atoms with Crippen molar-refractivity contribution in [3.05, 3.63) is 111 Å².